The molecule has 2 N–H and O–H groups in total. The molecule has 0 unspecified atom stereocenters. The van der Waals surface area contributed by atoms with E-state index in [9.17, 15) is 4.79 Å². The maximum absolute atomic E-state index is 12.1. The average molecular weight is 286 g/mol. The minimum Gasteiger partial charge on any atom is -0.489 e. The summed E-state index contributed by atoms with van der Waals surface area (Å²) in [6.07, 6.45) is 4.65. The van der Waals surface area contributed by atoms with Crippen molar-refractivity contribution in [3.63, 3.8) is 0 Å². The van der Waals surface area contributed by atoms with Gasteiger partial charge in [0.05, 0.1) is 5.56 Å². The highest BCUT2D eigenvalue weighted by Crippen LogP contribution is 2.17. The number of nitrogens with zero attached hydrogens (tertiary/aromatic N) is 2. The number of amides is 1. The Bertz CT molecular complexity index is 581. The van der Waals surface area contributed by atoms with Gasteiger partial charge in [-0.1, -0.05) is 24.8 Å². The molecule has 1 aromatic heterocycles. The number of ether oxygens (including phenoxy) is 1. The topological polar surface area (TPSA) is 79.9 Å². The molecule has 6 nitrogen and oxygen atoms in total. The first-order valence-corrected chi connectivity index (χ1v) is 6.76. The molecule has 2 aromatic rings. The van der Waals surface area contributed by atoms with Gasteiger partial charge in [0, 0.05) is 13.0 Å². The van der Waals surface area contributed by atoms with Gasteiger partial charge < -0.3 is 10.1 Å². The van der Waals surface area contributed by atoms with Gasteiger partial charge in [-0.2, -0.15) is 5.10 Å². The van der Waals surface area contributed by atoms with Crippen molar-refractivity contribution in [2.45, 2.75) is 12.8 Å². The van der Waals surface area contributed by atoms with Gasteiger partial charge in [-0.15, -0.1) is 0 Å². The van der Waals surface area contributed by atoms with Crippen LogP contribution >= 0.6 is 0 Å². The van der Waals surface area contributed by atoms with E-state index < -0.39 is 0 Å². The van der Waals surface area contributed by atoms with Crippen molar-refractivity contribution in [2.24, 2.45) is 0 Å². The molecule has 110 valence electrons. The predicted octanol–water partition coefficient (Wildman–Crippen LogP) is 1.73. The zero-order chi connectivity index (χ0) is 14.9. The Balaban J connectivity index is 1.83. The van der Waals surface area contributed by atoms with Gasteiger partial charge in [-0.3, -0.25) is 9.89 Å². The van der Waals surface area contributed by atoms with Crippen LogP contribution in [0.1, 0.15) is 22.6 Å². The fourth-order valence-electron chi connectivity index (χ4n) is 1.83. The number of nitrogens with one attached hydrogen (secondary N) is 2. The molecule has 6 heteroatoms. The Morgan fingerprint density at radius 2 is 2.29 bits per heavy atom. The van der Waals surface area contributed by atoms with Crippen LogP contribution in [0.15, 0.2) is 43.2 Å². The van der Waals surface area contributed by atoms with Crippen LogP contribution in [-0.4, -0.2) is 34.2 Å². The molecule has 0 radical (unpaired) electrons. The van der Waals surface area contributed by atoms with E-state index in [1.54, 1.807) is 18.2 Å². The molecular formula is C15H18N4O2. The van der Waals surface area contributed by atoms with E-state index in [1.807, 2.05) is 12.1 Å². The smallest absolute Gasteiger partial charge is 0.255 e. The third-order valence-electron chi connectivity index (χ3n) is 2.83. The minimum absolute atomic E-state index is 0.146. The Morgan fingerprint density at radius 1 is 1.43 bits per heavy atom. The molecule has 21 heavy (non-hydrogen) atoms. The van der Waals surface area contributed by atoms with Crippen molar-refractivity contribution < 1.29 is 9.53 Å². The number of carbonyl (C=O) groups is 1. The van der Waals surface area contributed by atoms with Gasteiger partial charge >= 0.3 is 0 Å². The van der Waals surface area contributed by atoms with Gasteiger partial charge in [-0.05, 0) is 18.6 Å². The van der Waals surface area contributed by atoms with Crippen LogP contribution in [0.25, 0.3) is 0 Å². The molecule has 0 fully saturated rings. The molecule has 1 aromatic carbocycles. The van der Waals surface area contributed by atoms with E-state index in [2.05, 4.69) is 27.1 Å². The maximum atomic E-state index is 12.1. The molecular weight excluding hydrogens is 268 g/mol. The summed E-state index contributed by atoms with van der Waals surface area (Å²) in [6, 6.07) is 7.15. The first kappa shape index (κ1) is 14.8. The number of carbonyl (C=O) groups excluding carboxylic acids is 1. The van der Waals surface area contributed by atoms with Gasteiger partial charge in [0.1, 0.15) is 24.5 Å². The fourth-order valence-corrected chi connectivity index (χ4v) is 1.83. The van der Waals surface area contributed by atoms with Crippen LogP contribution in [0, 0.1) is 0 Å². The highest BCUT2D eigenvalue weighted by atomic mass is 16.5. The van der Waals surface area contributed by atoms with Crippen molar-refractivity contribution in [1.29, 1.82) is 0 Å². The molecule has 0 aliphatic rings. The number of aryl methyl sites for hydroxylation is 1. The Morgan fingerprint density at radius 3 is 3.05 bits per heavy atom. The zero-order valence-electron chi connectivity index (χ0n) is 11.7. The fraction of sp³-hybridized carbons (Fsp3) is 0.267. The lowest BCUT2D eigenvalue weighted by Crippen LogP contribution is -2.25. The highest BCUT2D eigenvalue weighted by Gasteiger charge is 2.11. The number of hydrogen-bond acceptors (Lipinski definition) is 4. The maximum Gasteiger partial charge on any atom is 0.255 e. The van der Waals surface area contributed by atoms with Crippen LogP contribution in [0.2, 0.25) is 0 Å². The molecule has 1 heterocycles. The monoisotopic (exact) mass is 286 g/mol. The number of rotatable bonds is 8. The second-order valence-electron chi connectivity index (χ2n) is 4.39. The zero-order valence-corrected chi connectivity index (χ0v) is 11.7. The Kier molecular flexibility index (Phi) is 5.51. The van der Waals surface area contributed by atoms with E-state index in [0.29, 0.717) is 24.5 Å². The SMILES string of the molecule is C=CCOc1ccccc1C(=O)NCCCc1ncn[nH]1. The van der Waals surface area contributed by atoms with Gasteiger partial charge in [-0.25, -0.2) is 4.98 Å². The summed E-state index contributed by atoms with van der Waals surface area (Å²) in [6.45, 7) is 4.53. The molecule has 0 atom stereocenters. The molecule has 0 bridgehead atoms. The van der Waals surface area contributed by atoms with Crippen molar-refractivity contribution in [2.75, 3.05) is 13.2 Å². The van der Waals surface area contributed by atoms with E-state index in [0.717, 1.165) is 18.7 Å². The predicted molar refractivity (Wildman–Crippen MR) is 79.2 cm³/mol. The number of H-pyrrole nitrogens is 1. The number of benzene rings is 1. The van der Waals surface area contributed by atoms with Crippen molar-refractivity contribution >= 4 is 5.91 Å². The van der Waals surface area contributed by atoms with Crippen LogP contribution in [-0.2, 0) is 6.42 Å². The molecule has 0 spiro atoms. The standard InChI is InChI=1S/C15H18N4O2/c1-2-10-21-13-7-4-3-6-12(13)15(20)16-9-5-8-14-17-11-18-19-14/h2-4,6-7,11H,1,5,8-10H2,(H,16,20)(H,17,18,19). The van der Waals surface area contributed by atoms with E-state index >= 15 is 0 Å². The van der Waals surface area contributed by atoms with E-state index in [1.165, 1.54) is 6.33 Å². The van der Waals surface area contributed by atoms with E-state index in [4.69, 9.17) is 4.74 Å². The average Bonchev–Trinajstić information content (AvgIpc) is 3.03. The largest absolute Gasteiger partial charge is 0.489 e. The number of para-hydroxylation sites is 1. The van der Waals surface area contributed by atoms with Gasteiger partial charge in [0.2, 0.25) is 0 Å². The van der Waals surface area contributed by atoms with Crippen LogP contribution in [0.3, 0.4) is 0 Å². The summed E-state index contributed by atoms with van der Waals surface area (Å²) in [4.78, 5) is 16.2. The lowest BCUT2D eigenvalue weighted by molar-refractivity contribution is 0.0949. The summed E-state index contributed by atoms with van der Waals surface area (Å²) in [7, 11) is 0. The first-order valence-electron chi connectivity index (χ1n) is 6.76. The summed E-state index contributed by atoms with van der Waals surface area (Å²) >= 11 is 0. The normalized spacial score (nSPS) is 10.1. The lowest BCUT2D eigenvalue weighted by atomic mass is 10.2. The number of aromatic amines is 1. The van der Waals surface area contributed by atoms with Gasteiger partial charge in [0.25, 0.3) is 5.91 Å². The number of hydrogen-bond donors (Lipinski definition) is 2. The summed E-state index contributed by atoms with van der Waals surface area (Å²) in [5.41, 5.74) is 0.527. The molecule has 0 aliphatic carbocycles. The lowest BCUT2D eigenvalue weighted by Gasteiger charge is -2.10. The summed E-state index contributed by atoms with van der Waals surface area (Å²) in [5, 5.41) is 9.43. The third kappa shape index (κ3) is 4.45. The molecule has 0 aliphatic heterocycles. The van der Waals surface area contributed by atoms with Crippen LogP contribution in [0.5, 0.6) is 5.75 Å². The minimum atomic E-state index is -0.146. The van der Waals surface area contributed by atoms with E-state index in [-0.39, 0.29) is 5.91 Å². The first-order chi connectivity index (χ1) is 10.3. The van der Waals surface area contributed by atoms with Gasteiger partial charge in [0.15, 0.2) is 0 Å². The summed E-state index contributed by atoms with van der Waals surface area (Å²) < 4.78 is 5.47. The van der Waals surface area contributed by atoms with Crippen molar-refractivity contribution in [3.8, 4) is 5.75 Å². The quantitative estimate of drug-likeness (QED) is 0.572. The second kappa shape index (κ2) is 7.84. The number of aromatic nitrogens is 3. The third-order valence-corrected chi connectivity index (χ3v) is 2.83. The second-order valence-corrected chi connectivity index (χ2v) is 4.39. The molecule has 0 saturated heterocycles. The molecule has 1 amide bonds. The van der Waals surface area contributed by atoms with Crippen LogP contribution < -0.4 is 10.1 Å². The van der Waals surface area contributed by atoms with Crippen molar-refractivity contribution in [1.82, 2.24) is 20.5 Å². The Hall–Kier alpha value is -2.63. The molecule has 0 saturated carbocycles. The Labute approximate surface area is 123 Å². The van der Waals surface area contributed by atoms with Crippen molar-refractivity contribution in [3.05, 3.63) is 54.6 Å². The summed E-state index contributed by atoms with van der Waals surface area (Å²) in [5.74, 6) is 1.23. The van der Waals surface area contributed by atoms with Crippen LogP contribution in [0.4, 0.5) is 0 Å². The molecule has 2 rings (SSSR count). The highest BCUT2D eigenvalue weighted by molar-refractivity contribution is 5.96.